The van der Waals surface area contributed by atoms with Gasteiger partial charge in [0.1, 0.15) is 36.6 Å². The molecule has 3 rings (SSSR count). The molecule has 0 aromatic heterocycles. The predicted octanol–water partition coefficient (Wildman–Crippen LogP) is 3.44. The Morgan fingerprint density at radius 1 is 1.12 bits per heavy atom. The number of nitrogens with zero attached hydrogens (tertiary/aromatic N) is 1. The van der Waals surface area contributed by atoms with Gasteiger partial charge in [0, 0.05) is 0 Å². The first kappa shape index (κ1) is 23.1. The summed E-state index contributed by atoms with van der Waals surface area (Å²) in [6.07, 6.45) is -0.758. The Morgan fingerprint density at radius 2 is 1.78 bits per heavy atom. The van der Waals surface area contributed by atoms with Crippen molar-refractivity contribution in [2.24, 2.45) is 0 Å². The Morgan fingerprint density at radius 3 is 2.47 bits per heavy atom. The zero-order valence-electron chi connectivity index (χ0n) is 18.7. The van der Waals surface area contributed by atoms with E-state index in [-0.39, 0.29) is 13.2 Å². The van der Waals surface area contributed by atoms with E-state index < -0.39 is 35.7 Å². The van der Waals surface area contributed by atoms with Crippen molar-refractivity contribution in [3.63, 3.8) is 0 Å². The molecule has 2 amide bonds. The summed E-state index contributed by atoms with van der Waals surface area (Å²) in [5.74, 6) is -0.629. The molecule has 2 atom stereocenters. The number of rotatable bonds is 5. The summed E-state index contributed by atoms with van der Waals surface area (Å²) < 4.78 is 16.5. The summed E-state index contributed by atoms with van der Waals surface area (Å²) in [5.41, 5.74) is 0.534. The van der Waals surface area contributed by atoms with Crippen molar-refractivity contribution >= 4 is 23.7 Å². The highest BCUT2D eigenvalue weighted by Crippen LogP contribution is 2.33. The number of carbonyl (C=O) groups excluding carboxylic acids is 3. The number of benzene rings is 2. The summed E-state index contributed by atoms with van der Waals surface area (Å²) in [7, 11) is 0. The third kappa shape index (κ3) is 5.78. The first-order valence-corrected chi connectivity index (χ1v) is 10.4. The Kier molecular flexibility index (Phi) is 7.02. The van der Waals surface area contributed by atoms with Crippen molar-refractivity contribution in [2.45, 2.75) is 52.0 Å². The van der Waals surface area contributed by atoms with Crippen LogP contribution in [0.5, 0.6) is 5.75 Å². The van der Waals surface area contributed by atoms with Gasteiger partial charge in [0.15, 0.2) is 0 Å². The molecule has 2 unspecified atom stereocenters. The van der Waals surface area contributed by atoms with E-state index in [0.717, 1.165) is 5.56 Å². The molecule has 170 valence electrons. The van der Waals surface area contributed by atoms with Gasteiger partial charge in [0.2, 0.25) is 0 Å². The van der Waals surface area contributed by atoms with Gasteiger partial charge in [-0.3, -0.25) is 9.69 Å². The van der Waals surface area contributed by atoms with Crippen LogP contribution in [0.25, 0.3) is 0 Å². The van der Waals surface area contributed by atoms with Crippen LogP contribution in [0.3, 0.4) is 0 Å². The molecule has 0 bridgehead atoms. The summed E-state index contributed by atoms with van der Waals surface area (Å²) in [5, 5.41) is 2.56. The molecule has 2 aromatic carbocycles. The standard InChI is InChI=1S/C24H28N2O6/c1-16(22(28)32-24(2,3)4)26-19-12-8-9-13-20(19)30-15-18(21(26)27)25-23(29)31-14-17-10-6-5-7-11-17/h5-13,16,18H,14-15H2,1-4H3,(H,25,29). The van der Waals surface area contributed by atoms with Crippen molar-refractivity contribution < 1.29 is 28.6 Å². The highest BCUT2D eigenvalue weighted by atomic mass is 16.6. The second-order valence-electron chi connectivity index (χ2n) is 8.46. The van der Waals surface area contributed by atoms with E-state index in [2.05, 4.69) is 5.32 Å². The molecule has 0 radical (unpaired) electrons. The molecule has 0 spiro atoms. The molecule has 2 aromatic rings. The number of nitrogens with one attached hydrogen (secondary N) is 1. The van der Waals surface area contributed by atoms with Crippen molar-refractivity contribution in [3.05, 3.63) is 60.2 Å². The molecular formula is C24H28N2O6. The van der Waals surface area contributed by atoms with Gasteiger partial charge in [-0.25, -0.2) is 9.59 Å². The average molecular weight is 440 g/mol. The number of carbonyl (C=O) groups is 3. The SMILES string of the molecule is CC(C(=O)OC(C)(C)C)N1C(=O)C(NC(=O)OCc2ccccc2)COc2ccccc21. The fourth-order valence-corrected chi connectivity index (χ4v) is 3.21. The number of fused-ring (bicyclic) bond motifs is 1. The van der Waals surface area contributed by atoms with Crippen LogP contribution in [0.4, 0.5) is 10.5 Å². The predicted molar refractivity (Wildman–Crippen MR) is 118 cm³/mol. The topological polar surface area (TPSA) is 94.2 Å². The number of esters is 1. The van der Waals surface area contributed by atoms with Gasteiger partial charge >= 0.3 is 12.1 Å². The van der Waals surface area contributed by atoms with Crippen molar-refractivity contribution in [3.8, 4) is 5.75 Å². The summed E-state index contributed by atoms with van der Waals surface area (Å²) >= 11 is 0. The number of hydrogen-bond donors (Lipinski definition) is 1. The minimum absolute atomic E-state index is 0.0622. The second-order valence-corrected chi connectivity index (χ2v) is 8.46. The van der Waals surface area contributed by atoms with E-state index in [4.69, 9.17) is 14.2 Å². The lowest BCUT2D eigenvalue weighted by Crippen LogP contribution is -2.55. The Bertz CT molecular complexity index is 970. The number of para-hydroxylation sites is 2. The summed E-state index contributed by atoms with van der Waals surface area (Å²) in [6, 6.07) is 14.1. The lowest BCUT2D eigenvalue weighted by molar-refractivity contribution is -0.156. The maximum Gasteiger partial charge on any atom is 0.408 e. The lowest BCUT2D eigenvalue weighted by Gasteiger charge is -2.31. The quantitative estimate of drug-likeness (QED) is 0.716. The number of alkyl carbamates (subject to hydrolysis) is 1. The Hall–Kier alpha value is -3.55. The van der Waals surface area contributed by atoms with Crippen LogP contribution in [-0.4, -0.2) is 42.3 Å². The summed E-state index contributed by atoms with van der Waals surface area (Å²) in [4.78, 5) is 39.8. The van der Waals surface area contributed by atoms with Gasteiger partial charge in [-0.1, -0.05) is 42.5 Å². The molecule has 0 saturated carbocycles. The smallest absolute Gasteiger partial charge is 0.408 e. The third-order valence-corrected chi connectivity index (χ3v) is 4.71. The van der Waals surface area contributed by atoms with Crippen LogP contribution in [-0.2, 0) is 25.7 Å². The normalized spacial score (nSPS) is 16.8. The fraction of sp³-hybridized carbons (Fsp3) is 0.375. The maximum absolute atomic E-state index is 13.4. The van der Waals surface area contributed by atoms with E-state index in [0.29, 0.717) is 11.4 Å². The molecule has 32 heavy (non-hydrogen) atoms. The Labute approximate surface area is 187 Å². The fourth-order valence-electron chi connectivity index (χ4n) is 3.21. The van der Waals surface area contributed by atoms with E-state index in [9.17, 15) is 14.4 Å². The first-order valence-electron chi connectivity index (χ1n) is 10.4. The van der Waals surface area contributed by atoms with E-state index in [1.54, 1.807) is 52.0 Å². The largest absolute Gasteiger partial charge is 0.489 e. The molecule has 8 heteroatoms. The first-order chi connectivity index (χ1) is 15.2. The summed E-state index contributed by atoms with van der Waals surface area (Å²) in [6.45, 7) is 6.81. The van der Waals surface area contributed by atoms with Crippen molar-refractivity contribution in [1.29, 1.82) is 0 Å². The lowest BCUT2D eigenvalue weighted by atomic mass is 10.1. The van der Waals surface area contributed by atoms with Crippen LogP contribution >= 0.6 is 0 Å². The van der Waals surface area contributed by atoms with Gasteiger partial charge in [-0.15, -0.1) is 0 Å². The van der Waals surface area contributed by atoms with Crippen LogP contribution in [0.15, 0.2) is 54.6 Å². The Balaban J connectivity index is 1.77. The molecule has 1 aliphatic heterocycles. The van der Waals surface area contributed by atoms with E-state index >= 15 is 0 Å². The zero-order chi connectivity index (χ0) is 23.3. The highest BCUT2D eigenvalue weighted by Gasteiger charge is 2.39. The molecule has 0 saturated heterocycles. The molecule has 8 nitrogen and oxygen atoms in total. The second kappa shape index (κ2) is 9.72. The minimum Gasteiger partial charge on any atom is -0.489 e. The number of hydrogen-bond acceptors (Lipinski definition) is 6. The zero-order valence-corrected chi connectivity index (χ0v) is 18.7. The van der Waals surface area contributed by atoms with Crippen LogP contribution in [0, 0.1) is 0 Å². The van der Waals surface area contributed by atoms with Crippen LogP contribution in [0.1, 0.15) is 33.3 Å². The van der Waals surface area contributed by atoms with Gasteiger partial charge in [-0.05, 0) is 45.4 Å². The van der Waals surface area contributed by atoms with Gasteiger partial charge in [0.05, 0.1) is 5.69 Å². The van der Waals surface area contributed by atoms with Gasteiger partial charge < -0.3 is 19.5 Å². The van der Waals surface area contributed by atoms with E-state index in [1.807, 2.05) is 30.3 Å². The number of amides is 2. The monoisotopic (exact) mass is 440 g/mol. The van der Waals surface area contributed by atoms with Gasteiger partial charge in [-0.2, -0.15) is 0 Å². The van der Waals surface area contributed by atoms with Gasteiger partial charge in [0.25, 0.3) is 5.91 Å². The van der Waals surface area contributed by atoms with Crippen molar-refractivity contribution in [1.82, 2.24) is 5.32 Å². The molecule has 1 N–H and O–H groups in total. The van der Waals surface area contributed by atoms with Crippen LogP contribution in [0.2, 0.25) is 0 Å². The molecule has 1 aliphatic rings. The highest BCUT2D eigenvalue weighted by molar-refractivity contribution is 6.04. The maximum atomic E-state index is 13.4. The molecule has 1 heterocycles. The minimum atomic E-state index is -1.05. The van der Waals surface area contributed by atoms with Crippen molar-refractivity contribution in [2.75, 3.05) is 11.5 Å². The third-order valence-electron chi connectivity index (χ3n) is 4.71. The average Bonchev–Trinajstić information content (AvgIpc) is 2.88. The molecule has 0 aliphatic carbocycles. The molecule has 0 fully saturated rings. The van der Waals surface area contributed by atoms with Crippen LogP contribution < -0.4 is 15.0 Å². The van der Waals surface area contributed by atoms with E-state index in [1.165, 1.54) is 4.90 Å². The molecular weight excluding hydrogens is 412 g/mol. The number of ether oxygens (including phenoxy) is 3. The number of anilines is 1.